The number of carbonyl (C=O) groups is 2. The number of nitrogens with zero attached hydrogens (tertiary/aromatic N) is 1. The molecule has 0 fully saturated rings. The molecule has 1 aliphatic heterocycles. The molecule has 1 aromatic carbocycles. The zero-order valence-electron chi connectivity index (χ0n) is 11.1. The lowest BCUT2D eigenvalue weighted by molar-refractivity contribution is -0.112. The number of anilines is 1. The summed E-state index contributed by atoms with van der Waals surface area (Å²) in [5.74, 6) is -0.417. The molecular weight excluding hydrogens is 264 g/mol. The van der Waals surface area contributed by atoms with Crippen LogP contribution in [0.3, 0.4) is 0 Å². The van der Waals surface area contributed by atoms with Gasteiger partial charge in [0.1, 0.15) is 5.82 Å². The molecule has 1 aromatic heterocycles. The molecule has 4 nitrogen and oxygen atoms in total. The first-order chi connectivity index (χ1) is 10.3. The second-order valence-corrected chi connectivity index (χ2v) is 4.53. The van der Waals surface area contributed by atoms with Crippen LogP contribution in [0.4, 0.5) is 5.82 Å². The number of nitrogens with one attached hydrogen (secondary N) is 1. The fourth-order valence-corrected chi connectivity index (χ4v) is 2.08. The lowest BCUT2D eigenvalue weighted by Gasteiger charge is -2.16. The van der Waals surface area contributed by atoms with Crippen LogP contribution in [0.15, 0.2) is 66.4 Å². The van der Waals surface area contributed by atoms with Gasteiger partial charge in [0.15, 0.2) is 0 Å². The molecule has 0 saturated heterocycles. The van der Waals surface area contributed by atoms with Gasteiger partial charge in [0.25, 0.3) is 5.91 Å². The Morgan fingerprint density at radius 2 is 1.81 bits per heavy atom. The molecule has 2 aromatic rings. The second-order valence-electron chi connectivity index (χ2n) is 4.53. The van der Waals surface area contributed by atoms with E-state index in [-0.39, 0.29) is 11.4 Å². The van der Waals surface area contributed by atoms with Gasteiger partial charge in [0, 0.05) is 6.20 Å². The monoisotopic (exact) mass is 276 g/mol. The van der Waals surface area contributed by atoms with Crippen molar-refractivity contribution < 1.29 is 9.59 Å². The smallest absolute Gasteiger partial charge is 0.260 e. The molecule has 102 valence electrons. The highest BCUT2D eigenvalue weighted by atomic mass is 16.2. The number of aromatic nitrogens is 1. The van der Waals surface area contributed by atoms with Crippen molar-refractivity contribution in [1.82, 2.24) is 4.98 Å². The third-order valence-corrected chi connectivity index (χ3v) is 3.12. The number of carbonyl (C=O) groups excluding carboxylic acids is 2. The maximum atomic E-state index is 12.3. The SMILES string of the molecule is O=C1Nc2ncccc2C(=O)C1=CC=Cc1ccccc1. The number of hydrogen-bond acceptors (Lipinski definition) is 3. The first-order valence-corrected chi connectivity index (χ1v) is 6.50. The van der Waals surface area contributed by atoms with Gasteiger partial charge in [0.2, 0.25) is 5.78 Å². The Bertz CT molecular complexity index is 761. The van der Waals surface area contributed by atoms with Gasteiger partial charge in [0.05, 0.1) is 11.1 Å². The van der Waals surface area contributed by atoms with E-state index in [0.29, 0.717) is 11.4 Å². The number of pyridine rings is 1. The van der Waals surface area contributed by atoms with E-state index in [2.05, 4.69) is 10.3 Å². The van der Waals surface area contributed by atoms with E-state index in [9.17, 15) is 9.59 Å². The van der Waals surface area contributed by atoms with Gasteiger partial charge >= 0.3 is 0 Å². The number of hydrogen-bond donors (Lipinski definition) is 1. The Morgan fingerprint density at radius 3 is 2.62 bits per heavy atom. The van der Waals surface area contributed by atoms with E-state index in [1.54, 1.807) is 18.2 Å². The molecule has 1 aliphatic rings. The third-order valence-electron chi connectivity index (χ3n) is 3.12. The normalized spacial score (nSPS) is 16.1. The van der Waals surface area contributed by atoms with Crippen LogP contribution in [0, 0.1) is 0 Å². The lowest BCUT2D eigenvalue weighted by atomic mass is 9.99. The standard InChI is InChI=1S/C17H12N2O2/c20-15-13-10-5-11-18-16(13)19-17(21)14(15)9-4-8-12-6-2-1-3-7-12/h1-11H,(H,18,19,21). The quantitative estimate of drug-likeness (QED) is 0.677. The number of rotatable bonds is 2. The average Bonchev–Trinajstić information content (AvgIpc) is 2.51. The summed E-state index contributed by atoms with van der Waals surface area (Å²) >= 11 is 0. The number of Topliss-reactive ketones (excluding diaryl/α,β-unsaturated/α-hetero) is 1. The largest absolute Gasteiger partial charge is 0.306 e. The minimum absolute atomic E-state index is 0.114. The van der Waals surface area contributed by atoms with Crippen molar-refractivity contribution in [3.63, 3.8) is 0 Å². The Balaban J connectivity index is 1.89. The van der Waals surface area contributed by atoms with Crippen LogP contribution < -0.4 is 5.32 Å². The summed E-state index contributed by atoms with van der Waals surface area (Å²) in [5, 5.41) is 2.62. The van der Waals surface area contributed by atoms with Gasteiger partial charge in [-0.05, 0) is 23.8 Å². The van der Waals surface area contributed by atoms with Crippen molar-refractivity contribution in [1.29, 1.82) is 0 Å². The molecule has 0 unspecified atom stereocenters. The Labute approximate surface area is 121 Å². The molecule has 1 N–H and O–H groups in total. The van der Waals surface area contributed by atoms with Crippen LogP contribution in [0.2, 0.25) is 0 Å². The summed E-state index contributed by atoms with van der Waals surface area (Å²) in [7, 11) is 0. The van der Waals surface area contributed by atoms with Crippen molar-refractivity contribution in [2.75, 3.05) is 5.32 Å². The second kappa shape index (κ2) is 5.54. The van der Waals surface area contributed by atoms with Crippen LogP contribution in [0.25, 0.3) is 6.08 Å². The highest BCUT2D eigenvalue weighted by molar-refractivity contribution is 6.33. The van der Waals surface area contributed by atoms with Crippen molar-refractivity contribution >= 4 is 23.6 Å². The average molecular weight is 276 g/mol. The molecule has 0 saturated carbocycles. The van der Waals surface area contributed by atoms with Gasteiger partial charge in [-0.1, -0.05) is 42.5 Å². The topological polar surface area (TPSA) is 59.1 Å². The molecule has 4 heteroatoms. The number of fused-ring (bicyclic) bond motifs is 1. The molecule has 2 heterocycles. The Hall–Kier alpha value is -3.01. The van der Waals surface area contributed by atoms with Crippen LogP contribution in [0.1, 0.15) is 15.9 Å². The van der Waals surface area contributed by atoms with Crippen molar-refractivity contribution in [3.8, 4) is 0 Å². The predicted octanol–water partition coefficient (Wildman–Crippen LogP) is 2.86. The molecule has 0 spiro atoms. The molecule has 3 rings (SSSR count). The first-order valence-electron chi connectivity index (χ1n) is 6.50. The number of amides is 1. The molecule has 0 atom stereocenters. The summed E-state index contributed by atoms with van der Waals surface area (Å²) in [6.45, 7) is 0. The van der Waals surface area contributed by atoms with Crippen molar-refractivity contribution in [2.24, 2.45) is 0 Å². The van der Waals surface area contributed by atoms with E-state index in [4.69, 9.17) is 0 Å². The van der Waals surface area contributed by atoms with Gasteiger partial charge < -0.3 is 5.32 Å². The van der Waals surface area contributed by atoms with Gasteiger partial charge in [-0.25, -0.2) is 4.98 Å². The Morgan fingerprint density at radius 1 is 1.00 bits per heavy atom. The summed E-state index contributed by atoms with van der Waals surface area (Å²) in [5.41, 5.74) is 1.53. The maximum Gasteiger partial charge on any atom is 0.260 e. The van der Waals surface area contributed by atoms with Crippen LogP contribution in [-0.2, 0) is 4.79 Å². The first kappa shape index (κ1) is 13.0. The zero-order valence-corrected chi connectivity index (χ0v) is 11.1. The van der Waals surface area contributed by atoms with E-state index < -0.39 is 5.91 Å². The number of ketones is 1. The third kappa shape index (κ3) is 2.65. The van der Waals surface area contributed by atoms with E-state index in [1.165, 1.54) is 12.3 Å². The molecule has 0 aliphatic carbocycles. The van der Waals surface area contributed by atoms with Crippen molar-refractivity contribution in [3.05, 3.63) is 77.5 Å². The van der Waals surface area contributed by atoms with E-state index in [1.807, 2.05) is 36.4 Å². The molecule has 0 radical (unpaired) electrons. The number of allylic oxidation sites excluding steroid dienone is 2. The van der Waals surface area contributed by atoms with Crippen LogP contribution in [0.5, 0.6) is 0 Å². The van der Waals surface area contributed by atoms with E-state index in [0.717, 1.165) is 5.56 Å². The van der Waals surface area contributed by atoms with Gasteiger partial charge in [-0.3, -0.25) is 9.59 Å². The van der Waals surface area contributed by atoms with Crippen molar-refractivity contribution in [2.45, 2.75) is 0 Å². The lowest BCUT2D eigenvalue weighted by Crippen LogP contribution is -2.28. The Kier molecular flexibility index (Phi) is 3.43. The zero-order chi connectivity index (χ0) is 14.7. The minimum Gasteiger partial charge on any atom is -0.306 e. The highest BCUT2D eigenvalue weighted by Crippen LogP contribution is 2.22. The predicted molar refractivity (Wildman–Crippen MR) is 80.8 cm³/mol. The highest BCUT2D eigenvalue weighted by Gasteiger charge is 2.28. The minimum atomic E-state index is -0.427. The summed E-state index contributed by atoms with van der Waals surface area (Å²) < 4.78 is 0. The molecule has 1 amide bonds. The molecular formula is C17H12N2O2. The molecule has 0 bridgehead atoms. The fraction of sp³-hybridized carbons (Fsp3) is 0. The molecule has 21 heavy (non-hydrogen) atoms. The van der Waals surface area contributed by atoms with Gasteiger partial charge in [-0.15, -0.1) is 0 Å². The van der Waals surface area contributed by atoms with E-state index >= 15 is 0 Å². The summed E-state index contributed by atoms with van der Waals surface area (Å²) in [6.07, 6.45) is 6.60. The van der Waals surface area contributed by atoms with Gasteiger partial charge in [-0.2, -0.15) is 0 Å². The fourth-order valence-electron chi connectivity index (χ4n) is 2.08. The summed E-state index contributed by atoms with van der Waals surface area (Å²) in [6, 6.07) is 13.0. The maximum absolute atomic E-state index is 12.3. The summed E-state index contributed by atoms with van der Waals surface area (Å²) in [4.78, 5) is 28.2. The van der Waals surface area contributed by atoms with Crippen LogP contribution >= 0.6 is 0 Å². The number of benzene rings is 1. The van der Waals surface area contributed by atoms with Crippen LogP contribution in [-0.4, -0.2) is 16.7 Å².